The van der Waals surface area contributed by atoms with E-state index in [4.69, 9.17) is 9.84 Å². The number of aryl methyl sites for hydroxylation is 1. The number of aromatic amines is 1. The zero-order chi connectivity index (χ0) is 13.0. The predicted octanol–water partition coefficient (Wildman–Crippen LogP) is 1.83. The zero-order valence-corrected chi connectivity index (χ0v) is 10.3. The summed E-state index contributed by atoms with van der Waals surface area (Å²) < 4.78 is 4.83. The second-order valence-corrected chi connectivity index (χ2v) is 3.98. The number of carboxylic acid groups (broad SMARTS) is 1. The average Bonchev–Trinajstić information content (AvgIpc) is 2.50. The monoisotopic (exact) mass is 239 g/mol. The highest BCUT2D eigenvalue weighted by molar-refractivity contribution is 5.88. The lowest BCUT2D eigenvalue weighted by atomic mass is 10.1. The molecule has 0 aliphatic heterocycles. The molecule has 0 aliphatic carbocycles. The molecule has 0 spiro atoms. The van der Waals surface area contributed by atoms with Crippen molar-refractivity contribution in [2.24, 2.45) is 0 Å². The second-order valence-electron chi connectivity index (χ2n) is 3.98. The Kier molecular flexibility index (Phi) is 4.31. The molecule has 1 heterocycles. The molecule has 94 valence electrons. The van der Waals surface area contributed by atoms with Crippen LogP contribution in [0.25, 0.3) is 0 Å². The first-order valence-corrected chi connectivity index (χ1v) is 5.48. The molecule has 1 aromatic rings. The Morgan fingerprint density at radius 1 is 1.35 bits per heavy atom. The largest absolute Gasteiger partial charge is 0.477 e. The minimum atomic E-state index is -0.947. The van der Waals surface area contributed by atoms with Gasteiger partial charge in [-0.15, -0.1) is 0 Å². The summed E-state index contributed by atoms with van der Waals surface area (Å²) in [4.78, 5) is 24.3. The maximum absolute atomic E-state index is 10.9. The number of carbonyl (C=O) groups is 2. The van der Waals surface area contributed by atoms with Gasteiger partial charge in [0.1, 0.15) is 5.69 Å². The van der Waals surface area contributed by atoms with E-state index in [9.17, 15) is 9.59 Å². The number of carboxylic acids is 1. The van der Waals surface area contributed by atoms with Crippen LogP contribution in [0, 0.1) is 13.8 Å². The molecule has 2 N–H and O–H groups in total. The molecular weight excluding hydrogens is 222 g/mol. The molecule has 0 fully saturated rings. The Bertz CT molecular complexity index is 434. The number of ether oxygens (including phenoxy) is 1. The summed E-state index contributed by atoms with van der Waals surface area (Å²) in [6, 6.07) is 0. The van der Waals surface area contributed by atoms with Crippen molar-refractivity contribution in [1.82, 2.24) is 4.98 Å². The van der Waals surface area contributed by atoms with E-state index in [0.717, 1.165) is 16.8 Å². The van der Waals surface area contributed by atoms with Crippen LogP contribution in [0.3, 0.4) is 0 Å². The van der Waals surface area contributed by atoms with Crippen molar-refractivity contribution >= 4 is 11.9 Å². The molecule has 0 bridgehead atoms. The van der Waals surface area contributed by atoms with Gasteiger partial charge in [0.2, 0.25) is 0 Å². The van der Waals surface area contributed by atoms with E-state index >= 15 is 0 Å². The van der Waals surface area contributed by atoms with Crippen molar-refractivity contribution in [2.75, 3.05) is 6.61 Å². The predicted molar refractivity (Wildman–Crippen MR) is 62.2 cm³/mol. The van der Waals surface area contributed by atoms with Crippen molar-refractivity contribution in [3.05, 3.63) is 22.5 Å². The Morgan fingerprint density at radius 2 is 2.00 bits per heavy atom. The van der Waals surface area contributed by atoms with E-state index in [1.165, 1.54) is 6.92 Å². The molecule has 0 aromatic carbocycles. The van der Waals surface area contributed by atoms with Gasteiger partial charge in [-0.05, 0) is 37.8 Å². The first-order chi connectivity index (χ1) is 7.93. The molecule has 0 saturated carbocycles. The van der Waals surface area contributed by atoms with Crippen molar-refractivity contribution in [2.45, 2.75) is 33.6 Å². The summed E-state index contributed by atoms with van der Waals surface area (Å²) in [5.41, 5.74) is 2.86. The standard InChI is InChI=1S/C12H17NO4/c1-7-10(5-4-6-17-9(3)14)8(2)13-11(7)12(15)16/h13H,4-6H2,1-3H3,(H,15,16). The quantitative estimate of drug-likeness (QED) is 0.606. The van der Waals surface area contributed by atoms with Gasteiger partial charge in [0, 0.05) is 12.6 Å². The van der Waals surface area contributed by atoms with Crippen molar-refractivity contribution in [3.8, 4) is 0 Å². The number of hydrogen-bond acceptors (Lipinski definition) is 3. The van der Waals surface area contributed by atoms with E-state index in [-0.39, 0.29) is 11.7 Å². The summed E-state index contributed by atoms with van der Waals surface area (Å²) in [7, 11) is 0. The number of nitrogens with one attached hydrogen (secondary N) is 1. The zero-order valence-electron chi connectivity index (χ0n) is 10.3. The number of aromatic nitrogens is 1. The first kappa shape index (κ1) is 13.3. The number of aromatic carboxylic acids is 1. The molecule has 5 nitrogen and oxygen atoms in total. The van der Waals surface area contributed by atoms with Crippen LogP contribution in [0.15, 0.2) is 0 Å². The highest BCUT2D eigenvalue weighted by Gasteiger charge is 2.15. The van der Waals surface area contributed by atoms with Crippen LogP contribution in [-0.4, -0.2) is 28.6 Å². The van der Waals surface area contributed by atoms with Crippen molar-refractivity contribution in [1.29, 1.82) is 0 Å². The molecule has 1 aromatic heterocycles. The second kappa shape index (κ2) is 5.52. The fourth-order valence-corrected chi connectivity index (χ4v) is 1.84. The smallest absolute Gasteiger partial charge is 0.352 e. The molecule has 0 amide bonds. The lowest BCUT2D eigenvalue weighted by molar-refractivity contribution is -0.141. The SMILES string of the molecule is CC(=O)OCCCc1c(C)[nH]c(C(=O)O)c1C. The fraction of sp³-hybridized carbons (Fsp3) is 0.500. The summed E-state index contributed by atoms with van der Waals surface area (Å²) >= 11 is 0. The van der Waals surface area contributed by atoms with Crippen LogP contribution in [0.4, 0.5) is 0 Å². The third-order valence-corrected chi connectivity index (χ3v) is 2.68. The first-order valence-electron chi connectivity index (χ1n) is 5.48. The molecule has 1 rings (SSSR count). The third-order valence-electron chi connectivity index (χ3n) is 2.68. The lowest BCUT2D eigenvalue weighted by Crippen LogP contribution is -2.02. The molecule has 5 heteroatoms. The van der Waals surface area contributed by atoms with E-state index in [1.54, 1.807) is 6.92 Å². The topological polar surface area (TPSA) is 79.4 Å². The van der Waals surface area contributed by atoms with Gasteiger partial charge in [0.15, 0.2) is 0 Å². The van der Waals surface area contributed by atoms with Crippen LogP contribution in [0.1, 0.15) is 40.7 Å². The van der Waals surface area contributed by atoms with Gasteiger partial charge in [-0.3, -0.25) is 4.79 Å². The summed E-state index contributed by atoms with van der Waals surface area (Å²) in [6.45, 7) is 5.37. The van der Waals surface area contributed by atoms with Gasteiger partial charge < -0.3 is 14.8 Å². The Labute approximate surface area is 99.8 Å². The molecule has 0 atom stereocenters. The Hall–Kier alpha value is -1.78. The van der Waals surface area contributed by atoms with Crippen molar-refractivity contribution in [3.63, 3.8) is 0 Å². The van der Waals surface area contributed by atoms with Gasteiger partial charge in [-0.25, -0.2) is 4.79 Å². The minimum Gasteiger partial charge on any atom is -0.477 e. The normalized spacial score (nSPS) is 10.3. The highest BCUT2D eigenvalue weighted by atomic mass is 16.5. The van der Waals surface area contributed by atoms with Crippen LogP contribution < -0.4 is 0 Å². The van der Waals surface area contributed by atoms with E-state index in [0.29, 0.717) is 19.4 Å². The Morgan fingerprint density at radius 3 is 2.47 bits per heavy atom. The third kappa shape index (κ3) is 3.34. The number of rotatable bonds is 5. The summed E-state index contributed by atoms with van der Waals surface area (Å²) in [6.07, 6.45) is 1.40. The maximum Gasteiger partial charge on any atom is 0.352 e. The minimum absolute atomic E-state index is 0.241. The number of esters is 1. The van der Waals surface area contributed by atoms with Crippen LogP contribution in [0.2, 0.25) is 0 Å². The van der Waals surface area contributed by atoms with Gasteiger partial charge in [0.25, 0.3) is 0 Å². The maximum atomic E-state index is 10.9. The van der Waals surface area contributed by atoms with E-state index in [1.807, 2.05) is 6.92 Å². The van der Waals surface area contributed by atoms with Gasteiger partial charge in [-0.2, -0.15) is 0 Å². The van der Waals surface area contributed by atoms with Gasteiger partial charge in [0.05, 0.1) is 6.61 Å². The van der Waals surface area contributed by atoms with Crippen LogP contribution >= 0.6 is 0 Å². The lowest BCUT2D eigenvalue weighted by Gasteiger charge is -2.03. The molecule has 0 radical (unpaired) electrons. The van der Waals surface area contributed by atoms with E-state index < -0.39 is 5.97 Å². The molecule has 0 unspecified atom stereocenters. The Balaban J connectivity index is 2.65. The number of hydrogen-bond donors (Lipinski definition) is 2. The van der Waals surface area contributed by atoms with Gasteiger partial charge >= 0.3 is 11.9 Å². The number of carbonyl (C=O) groups excluding carboxylic acids is 1. The number of H-pyrrole nitrogens is 1. The summed E-state index contributed by atoms with van der Waals surface area (Å²) in [5, 5.41) is 8.95. The molecule has 17 heavy (non-hydrogen) atoms. The van der Waals surface area contributed by atoms with Crippen LogP contribution in [-0.2, 0) is 16.0 Å². The summed E-state index contributed by atoms with van der Waals surface area (Å²) in [5.74, 6) is -1.24. The average molecular weight is 239 g/mol. The molecule has 0 saturated heterocycles. The fourth-order valence-electron chi connectivity index (χ4n) is 1.84. The van der Waals surface area contributed by atoms with Crippen molar-refractivity contribution < 1.29 is 19.4 Å². The van der Waals surface area contributed by atoms with Gasteiger partial charge in [-0.1, -0.05) is 0 Å². The molecule has 0 aliphatic rings. The highest BCUT2D eigenvalue weighted by Crippen LogP contribution is 2.19. The molecular formula is C12H17NO4. The van der Waals surface area contributed by atoms with Crippen LogP contribution in [0.5, 0.6) is 0 Å². The van der Waals surface area contributed by atoms with E-state index in [2.05, 4.69) is 4.98 Å².